The quantitative estimate of drug-likeness (QED) is 0.0303. The van der Waals surface area contributed by atoms with Crippen molar-refractivity contribution in [2.45, 2.75) is 44.7 Å². The zero-order valence-electron chi connectivity index (χ0n) is 34.7. The first kappa shape index (κ1) is 51.5. The highest BCUT2D eigenvalue weighted by Crippen LogP contribution is 2.66. The van der Waals surface area contributed by atoms with Gasteiger partial charge in [-0.05, 0) is 36.4 Å². The fraction of sp³-hybridized carbons (Fsp3) is 0.216. The smallest absolute Gasteiger partial charge is 0.485 e. The Morgan fingerprint density at radius 2 is 1.22 bits per heavy atom. The molecule has 2 heterocycles. The molecule has 6 rings (SSSR count). The molecule has 1 fully saturated rings. The van der Waals surface area contributed by atoms with Crippen LogP contribution in [0.3, 0.4) is 0 Å². The van der Waals surface area contributed by atoms with Crippen LogP contribution in [-0.2, 0) is 51.4 Å². The predicted molar refractivity (Wildman–Crippen MR) is 230 cm³/mol. The van der Waals surface area contributed by atoms with Crippen LogP contribution in [0.2, 0.25) is 0 Å². The SMILES string of the molecule is O=C(Nc1ccn([C@H]2C[C@@H](O)[C@@H](COP(=O)(O)OP(=O)(O)OP(=O)(O)O)O2)c(=O)n1)c1cc(OCc2ccccc2[N+](=O)[O-])c(OCc2ccccc2[N+](=O)[O-])c(OCc2ccccc2[N+](=O)[O-])c1. The van der Waals surface area contributed by atoms with Crippen LogP contribution in [0.5, 0.6) is 17.2 Å². The molecule has 0 spiro atoms. The second-order valence-electron chi connectivity index (χ2n) is 14.1. The summed E-state index contributed by atoms with van der Waals surface area (Å²) in [5.74, 6) is -2.26. The monoisotopic (exact) mass is 1020 g/mol. The van der Waals surface area contributed by atoms with Gasteiger partial charge in [0.2, 0.25) is 5.75 Å². The van der Waals surface area contributed by atoms with Crippen molar-refractivity contribution < 1.29 is 90.0 Å². The van der Waals surface area contributed by atoms with E-state index in [2.05, 4.69) is 23.4 Å². The molecular formula is C37H35N6O23P3. The third-order valence-electron chi connectivity index (χ3n) is 9.39. The van der Waals surface area contributed by atoms with Crippen LogP contribution in [0.1, 0.15) is 39.7 Å². The molecule has 0 aliphatic carbocycles. The second kappa shape index (κ2) is 21.6. The fourth-order valence-electron chi connectivity index (χ4n) is 6.36. The first-order valence-corrected chi connectivity index (χ1v) is 23.8. The molecule has 5 atom stereocenters. The molecule has 0 saturated carbocycles. The van der Waals surface area contributed by atoms with E-state index in [1.807, 2.05) is 0 Å². The minimum Gasteiger partial charge on any atom is -0.485 e. The van der Waals surface area contributed by atoms with Gasteiger partial charge in [-0.1, -0.05) is 36.4 Å². The maximum absolute atomic E-state index is 13.9. The summed E-state index contributed by atoms with van der Waals surface area (Å²) < 4.78 is 70.9. The Balaban J connectivity index is 1.28. The number of hydrogen-bond donors (Lipinski definition) is 6. The number of phosphoric acid groups is 3. The number of para-hydroxylation sites is 3. The van der Waals surface area contributed by atoms with Gasteiger partial charge in [0.05, 0.1) is 44.2 Å². The van der Waals surface area contributed by atoms with E-state index in [1.165, 1.54) is 72.8 Å². The molecule has 6 N–H and O–H groups in total. The van der Waals surface area contributed by atoms with Crippen molar-refractivity contribution >= 4 is 52.3 Å². The van der Waals surface area contributed by atoms with Crippen LogP contribution >= 0.6 is 23.5 Å². The number of nitro benzene ring substituents is 3. The van der Waals surface area contributed by atoms with Gasteiger partial charge in [0.25, 0.3) is 23.0 Å². The molecule has 366 valence electrons. The number of nitrogens with zero attached hydrogens (tertiary/aromatic N) is 5. The first-order valence-electron chi connectivity index (χ1n) is 19.2. The highest BCUT2D eigenvalue weighted by molar-refractivity contribution is 7.66. The number of amides is 1. The van der Waals surface area contributed by atoms with Gasteiger partial charge in [-0.25, -0.2) is 18.5 Å². The number of anilines is 1. The lowest BCUT2D eigenvalue weighted by molar-refractivity contribution is -0.386. The molecule has 0 bridgehead atoms. The van der Waals surface area contributed by atoms with Crippen LogP contribution in [-0.4, -0.2) is 73.7 Å². The molecule has 29 nitrogen and oxygen atoms in total. The number of hydrogen-bond acceptors (Lipinski definition) is 20. The summed E-state index contributed by atoms with van der Waals surface area (Å²) in [4.78, 5) is 101. The Morgan fingerprint density at radius 3 is 1.68 bits per heavy atom. The van der Waals surface area contributed by atoms with E-state index < -0.39 is 94.7 Å². The average molecular weight is 1020 g/mol. The Hall–Kier alpha value is -6.84. The van der Waals surface area contributed by atoms with Crippen LogP contribution in [0.15, 0.2) is 102 Å². The van der Waals surface area contributed by atoms with Crippen molar-refractivity contribution in [3.63, 3.8) is 0 Å². The number of aliphatic hydroxyl groups excluding tert-OH is 1. The lowest BCUT2D eigenvalue weighted by Crippen LogP contribution is -2.29. The predicted octanol–water partition coefficient (Wildman–Crippen LogP) is 4.95. The largest absolute Gasteiger partial charge is 0.490 e. The molecule has 1 aliphatic heterocycles. The van der Waals surface area contributed by atoms with E-state index in [0.29, 0.717) is 0 Å². The van der Waals surface area contributed by atoms with Gasteiger partial charge in [0.1, 0.15) is 38.0 Å². The average Bonchev–Trinajstić information content (AvgIpc) is 3.64. The number of carbonyl (C=O) groups excluding carboxylic acids is 1. The Bertz CT molecular complexity index is 2900. The van der Waals surface area contributed by atoms with Crippen LogP contribution < -0.4 is 25.2 Å². The minimum absolute atomic E-state index is 0.0681. The molecule has 69 heavy (non-hydrogen) atoms. The number of aromatic nitrogens is 2. The number of benzene rings is 4. The third kappa shape index (κ3) is 13.9. The van der Waals surface area contributed by atoms with E-state index >= 15 is 0 Å². The minimum atomic E-state index is -5.84. The number of ether oxygens (including phenoxy) is 4. The lowest BCUT2D eigenvalue weighted by atomic mass is 10.1. The molecule has 2 unspecified atom stereocenters. The van der Waals surface area contributed by atoms with Crippen molar-refractivity contribution in [1.29, 1.82) is 0 Å². The third-order valence-corrected chi connectivity index (χ3v) is 13.2. The van der Waals surface area contributed by atoms with Gasteiger partial charge in [-0.15, -0.1) is 0 Å². The zero-order valence-corrected chi connectivity index (χ0v) is 37.4. The van der Waals surface area contributed by atoms with Crippen molar-refractivity contribution in [1.82, 2.24) is 9.55 Å². The molecule has 5 aromatic rings. The molecular weight excluding hydrogens is 989 g/mol. The molecule has 32 heteroatoms. The Labute approximate surface area is 385 Å². The van der Waals surface area contributed by atoms with Crippen molar-refractivity contribution in [3.8, 4) is 17.2 Å². The van der Waals surface area contributed by atoms with Crippen LogP contribution in [0.4, 0.5) is 22.9 Å². The number of rotatable bonds is 22. The van der Waals surface area contributed by atoms with Gasteiger partial charge in [-0.2, -0.15) is 13.6 Å². The summed E-state index contributed by atoms with van der Waals surface area (Å²) >= 11 is 0. The molecule has 1 aromatic heterocycles. The van der Waals surface area contributed by atoms with E-state index in [9.17, 15) is 68.5 Å². The maximum atomic E-state index is 13.9. The normalized spacial score (nSPS) is 17.5. The summed E-state index contributed by atoms with van der Waals surface area (Å²) in [6, 6.07) is 20.0. The van der Waals surface area contributed by atoms with Crippen molar-refractivity contribution in [2.75, 3.05) is 11.9 Å². The standard InChI is InChI=1S/C37H35N6O23P3/c44-29-17-34(64-32(29)21-63-68(56,57)66-69(58,59)65-67(53,54)55)40-14-13-33(39-37(40)46)38-36(45)25-15-30(60-18-22-7-1-4-10-26(22)41(47)48)35(62-20-24-9-3-6-12-28(24)43(51)52)31(16-25)61-19-23-8-2-5-11-27(23)42(49)50/h1-16,29,32,34,44H,17-21H2,(H,56,57)(H,58,59)(H2,53,54,55)(H,38,39,45,46)/t29-,32-,34-/m1/s1. The number of phosphoric ester groups is 1. The maximum Gasteiger partial charge on any atom is 0.490 e. The lowest BCUT2D eigenvalue weighted by Gasteiger charge is -2.19. The summed E-state index contributed by atoms with van der Waals surface area (Å²) in [5.41, 5.74) is -2.16. The van der Waals surface area contributed by atoms with Gasteiger partial charge >= 0.3 is 29.2 Å². The van der Waals surface area contributed by atoms with Crippen LogP contribution in [0, 0.1) is 30.3 Å². The first-order chi connectivity index (χ1) is 32.5. The molecule has 4 aromatic carbocycles. The molecule has 1 saturated heterocycles. The van der Waals surface area contributed by atoms with Crippen LogP contribution in [0.25, 0.3) is 0 Å². The van der Waals surface area contributed by atoms with Gasteiger partial charge in [0.15, 0.2) is 11.5 Å². The second-order valence-corrected chi connectivity index (χ2v) is 18.5. The number of carbonyl (C=O) groups is 1. The number of nitro groups is 3. The molecule has 1 aliphatic rings. The van der Waals surface area contributed by atoms with Crippen molar-refractivity contribution in [3.05, 3.63) is 160 Å². The highest BCUT2D eigenvalue weighted by atomic mass is 31.3. The number of nitrogens with one attached hydrogen (secondary N) is 1. The summed E-state index contributed by atoms with van der Waals surface area (Å²) in [6.07, 6.45) is -3.64. The van der Waals surface area contributed by atoms with Gasteiger partial charge < -0.3 is 48.9 Å². The fourth-order valence-corrected chi connectivity index (χ4v) is 9.39. The van der Waals surface area contributed by atoms with E-state index in [1.54, 1.807) is 0 Å². The van der Waals surface area contributed by atoms with E-state index in [0.717, 1.165) is 29.0 Å². The summed E-state index contributed by atoms with van der Waals surface area (Å²) in [5, 5.41) is 48.4. The molecule has 1 amide bonds. The van der Waals surface area contributed by atoms with Crippen molar-refractivity contribution in [2.24, 2.45) is 0 Å². The van der Waals surface area contributed by atoms with Gasteiger partial charge in [0, 0.05) is 36.4 Å². The summed E-state index contributed by atoms with van der Waals surface area (Å²) in [6.45, 7) is -2.55. The Morgan fingerprint density at radius 1 is 0.739 bits per heavy atom. The van der Waals surface area contributed by atoms with E-state index in [-0.39, 0.29) is 68.8 Å². The highest BCUT2D eigenvalue weighted by Gasteiger charge is 2.43. The zero-order chi connectivity index (χ0) is 50.3. The molecule has 0 radical (unpaired) electrons. The number of aliphatic hydroxyl groups is 1. The Kier molecular flexibility index (Phi) is 16.2. The topological polar surface area (TPSA) is 410 Å². The summed E-state index contributed by atoms with van der Waals surface area (Å²) in [7, 11) is -17.1. The van der Waals surface area contributed by atoms with Gasteiger partial charge in [-0.3, -0.25) is 44.2 Å². The van der Waals surface area contributed by atoms with E-state index in [4.69, 9.17) is 28.7 Å².